The van der Waals surface area contributed by atoms with Crippen LogP contribution in [0.4, 0.5) is 0 Å². The van der Waals surface area contributed by atoms with Gasteiger partial charge in [0.05, 0.1) is 11.5 Å². The van der Waals surface area contributed by atoms with E-state index in [-0.39, 0.29) is 19.8 Å². The number of carboxylic acids is 2. The fraction of sp³-hybridized carbons (Fsp3) is 0.781. The lowest BCUT2D eigenvalue weighted by atomic mass is 9.66. The normalized spacial score (nSPS) is 23.3. The van der Waals surface area contributed by atoms with E-state index in [9.17, 15) is 24.6 Å². The van der Waals surface area contributed by atoms with Gasteiger partial charge in [0.15, 0.2) is 0 Å². The Labute approximate surface area is 242 Å². The first kappa shape index (κ1) is 37.8. The third-order valence-electron chi connectivity index (χ3n) is 8.44. The monoisotopic (exact) mass is 566 g/mol. The number of aliphatic hydroxyl groups is 1. The Morgan fingerprint density at radius 3 is 2.30 bits per heavy atom. The van der Waals surface area contributed by atoms with E-state index in [1.54, 1.807) is 13.8 Å². The van der Waals surface area contributed by atoms with Crippen LogP contribution in [-0.2, 0) is 14.4 Å². The number of carbonyl (C=O) groups is 3. The molecule has 6 atom stereocenters. The Bertz CT molecular complexity index is 837. The maximum absolute atomic E-state index is 12.1. The fourth-order valence-corrected chi connectivity index (χ4v) is 5.22. The summed E-state index contributed by atoms with van der Waals surface area (Å²) in [6, 6.07) is -0.856. The number of allylic oxidation sites excluding steroid dienone is 4. The molecule has 8 nitrogen and oxygen atoms in total. The van der Waals surface area contributed by atoms with Crippen LogP contribution in [0.25, 0.3) is 0 Å². The third-order valence-corrected chi connectivity index (χ3v) is 8.44. The summed E-state index contributed by atoms with van der Waals surface area (Å²) in [5, 5.41) is 30.8. The summed E-state index contributed by atoms with van der Waals surface area (Å²) in [5.41, 5.74) is 6.38. The van der Waals surface area contributed by atoms with Gasteiger partial charge in [-0.15, -0.1) is 0 Å². The number of nitrogens with one attached hydrogen (secondary N) is 1. The standard InChI is InChI=1S/C25H42N2O4.C6H12O2.CH4/c1-17-9-13-22-19(16-17)11-10-18(2)21(22)14-12-20(28)6-5-8-24(29)27-23(25(30)31)7-3-4-15-26;1-4-6(2,3)5(7)8;/h10-11,16-18,20-23,28H,3-9,12-15,26H2,1-2H3,(H,27,29)(H,30,31);4H2,1-3H3,(H,7,8);1H4/t17-,18?,20?,21?,22?,23?;;/m1../s1. The predicted molar refractivity (Wildman–Crippen MR) is 162 cm³/mol. The molecule has 2 rings (SSSR count). The van der Waals surface area contributed by atoms with Crippen LogP contribution in [0.2, 0.25) is 0 Å². The number of carbonyl (C=O) groups excluding carboxylic acids is 1. The average Bonchev–Trinajstić information content (AvgIpc) is 2.87. The molecule has 232 valence electrons. The van der Waals surface area contributed by atoms with Crippen LogP contribution in [0.5, 0.6) is 0 Å². The highest BCUT2D eigenvalue weighted by molar-refractivity contribution is 5.83. The molecule has 0 radical (unpaired) electrons. The van der Waals surface area contributed by atoms with Crippen LogP contribution in [0.15, 0.2) is 23.8 Å². The molecule has 5 unspecified atom stereocenters. The van der Waals surface area contributed by atoms with Crippen LogP contribution in [0.3, 0.4) is 0 Å². The number of nitrogens with two attached hydrogens (primary N) is 1. The number of carboxylic acid groups (broad SMARTS) is 2. The second kappa shape index (κ2) is 19.0. The van der Waals surface area contributed by atoms with Gasteiger partial charge < -0.3 is 26.4 Å². The Morgan fingerprint density at radius 1 is 1.07 bits per heavy atom. The van der Waals surface area contributed by atoms with Gasteiger partial charge in [0.25, 0.3) is 0 Å². The van der Waals surface area contributed by atoms with Crippen LogP contribution in [0, 0.1) is 29.1 Å². The van der Waals surface area contributed by atoms with E-state index in [0.717, 1.165) is 19.3 Å². The fourth-order valence-electron chi connectivity index (χ4n) is 5.22. The van der Waals surface area contributed by atoms with Crippen molar-refractivity contribution in [2.75, 3.05) is 6.54 Å². The second-order valence-electron chi connectivity index (χ2n) is 12.1. The highest BCUT2D eigenvalue weighted by Crippen LogP contribution is 2.43. The summed E-state index contributed by atoms with van der Waals surface area (Å²) in [6.45, 7) is 10.4. The van der Waals surface area contributed by atoms with Crippen molar-refractivity contribution >= 4 is 17.8 Å². The summed E-state index contributed by atoms with van der Waals surface area (Å²) >= 11 is 0. The molecule has 40 heavy (non-hydrogen) atoms. The van der Waals surface area contributed by atoms with E-state index in [1.807, 2.05) is 6.92 Å². The summed E-state index contributed by atoms with van der Waals surface area (Å²) in [7, 11) is 0. The number of aliphatic carboxylic acids is 2. The highest BCUT2D eigenvalue weighted by atomic mass is 16.4. The smallest absolute Gasteiger partial charge is 0.326 e. The molecule has 0 heterocycles. The molecule has 6 N–H and O–H groups in total. The van der Waals surface area contributed by atoms with Gasteiger partial charge in [-0.2, -0.15) is 0 Å². The summed E-state index contributed by atoms with van der Waals surface area (Å²) in [5.74, 6) is 0.382. The molecule has 0 bridgehead atoms. The second-order valence-corrected chi connectivity index (χ2v) is 12.1. The van der Waals surface area contributed by atoms with Crippen LogP contribution in [-0.4, -0.2) is 51.9 Å². The van der Waals surface area contributed by atoms with Gasteiger partial charge in [-0.1, -0.05) is 46.4 Å². The summed E-state index contributed by atoms with van der Waals surface area (Å²) < 4.78 is 0. The van der Waals surface area contributed by atoms with Gasteiger partial charge in [-0.05, 0) is 114 Å². The van der Waals surface area contributed by atoms with Gasteiger partial charge in [-0.25, -0.2) is 4.79 Å². The van der Waals surface area contributed by atoms with Crippen molar-refractivity contribution in [1.82, 2.24) is 5.32 Å². The molecule has 0 aromatic rings. The topological polar surface area (TPSA) is 150 Å². The summed E-state index contributed by atoms with van der Waals surface area (Å²) in [4.78, 5) is 33.7. The minimum atomic E-state index is -1.01. The van der Waals surface area contributed by atoms with E-state index in [0.29, 0.717) is 62.3 Å². The Hall–Kier alpha value is -2.19. The van der Waals surface area contributed by atoms with E-state index in [2.05, 4.69) is 37.4 Å². The number of rotatable bonds is 15. The van der Waals surface area contributed by atoms with Crippen molar-refractivity contribution in [3.8, 4) is 0 Å². The van der Waals surface area contributed by atoms with Gasteiger partial charge in [0, 0.05) is 6.42 Å². The molecule has 0 saturated carbocycles. The molecule has 0 aliphatic heterocycles. The lowest BCUT2D eigenvalue weighted by Crippen LogP contribution is -2.40. The van der Waals surface area contributed by atoms with Gasteiger partial charge in [0.1, 0.15) is 6.04 Å². The number of aliphatic hydroxyl groups excluding tert-OH is 1. The van der Waals surface area contributed by atoms with Gasteiger partial charge in [-0.3, -0.25) is 9.59 Å². The molecule has 0 fully saturated rings. The zero-order valence-corrected chi connectivity index (χ0v) is 24.8. The first-order chi connectivity index (χ1) is 18.3. The van der Waals surface area contributed by atoms with Crippen LogP contribution >= 0.6 is 0 Å². The van der Waals surface area contributed by atoms with Crippen molar-refractivity contribution < 1.29 is 29.7 Å². The van der Waals surface area contributed by atoms with E-state index in [4.69, 9.17) is 10.8 Å². The quantitative estimate of drug-likeness (QED) is 0.154. The first-order valence-corrected chi connectivity index (χ1v) is 14.9. The lowest BCUT2D eigenvalue weighted by Gasteiger charge is -2.38. The molecule has 0 aromatic heterocycles. The Kier molecular flexibility index (Phi) is 18.0. The SMILES string of the molecule is C.CC1C=CC2=C[C@H](C)CCC2C1CCC(O)CCCC(=O)NC(CCCCN)C(=O)O.CCC(C)(C)C(=O)O. The molecule has 1 amide bonds. The predicted octanol–water partition coefficient (Wildman–Crippen LogP) is 5.93. The van der Waals surface area contributed by atoms with Crippen molar-refractivity contribution in [2.24, 2.45) is 34.8 Å². The van der Waals surface area contributed by atoms with Gasteiger partial charge >= 0.3 is 11.9 Å². The molecule has 8 heteroatoms. The molecule has 2 aliphatic rings. The number of amides is 1. The number of fused-ring (bicyclic) bond motifs is 1. The highest BCUT2D eigenvalue weighted by Gasteiger charge is 2.33. The molecular formula is C32H58N2O6. The third kappa shape index (κ3) is 13.4. The zero-order chi connectivity index (χ0) is 29.6. The van der Waals surface area contributed by atoms with E-state index < -0.39 is 29.5 Å². The molecule has 2 aliphatic carbocycles. The van der Waals surface area contributed by atoms with Crippen molar-refractivity contribution in [3.63, 3.8) is 0 Å². The van der Waals surface area contributed by atoms with Crippen molar-refractivity contribution in [3.05, 3.63) is 23.8 Å². The number of unbranched alkanes of at least 4 members (excludes halogenated alkanes) is 1. The van der Waals surface area contributed by atoms with Crippen molar-refractivity contribution in [2.45, 2.75) is 125 Å². The van der Waals surface area contributed by atoms with Gasteiger partial charge in [0.2, 0.25) is 5.91 Å². The minimum absolute atomic E-state index is 0. The van der Waals surface area contributed by atoms with Crippen LogP contribution < -0.4 is 11.1 Å². The zero-order valence-electron chi connectivity index (χ0n) is 24.8. The molecule has 0 aromatic carbocycles. The minimum Gasteiger partial charge on any atom is -0.481 e. The average molecular weight is 567 g/mol. The van der Waals surface area contributed by atoms with Crippen LogP contribution in [0.1, 0.15) is 113 Å². The van der Waals surface area contributed by atoms with Crippen molar-refractivity contribution in [1.29, 1.82) is 0 Å². The Balaban J connectivity index is 0.00000147. The van der Waals surface area contributed by atoms with E-state index >= 15 is 0 Å². The van der Waals surface area contributed by atoms with E-state index in [1.165, 1.54) is 18.4 Å². The Morgan fingerprint density at radius 2 is 1.75 bits per heavy atom. The summed E-state index contributed by atoms with van der Waals surface area (Å²) in [6.07, 6.45) is 14.7. The largest absolute Gasteiger partial charge is 0.481 e. The number of hydrogen-bond donors (Lipinski definition) is 5. The molecule has 0 spiro atoms. The number of hydrogen-bond acceptors (Lipinski definition) is 5. The molecular weight excluding hydrogens is 508 g/mol. The molecule has 0 saturated heterocycles. The lowest BCUT2D eigenvalue weighted by molar-refractivity contribution is -0.147. The maximum Gasteiger partial charge on any atom is 0.326 e. The first-order valence-electron chi connectivity index (χ1n) is 14.9. The maximum atomic E-state index is 12.1.